The van der Waals surface area contributed by atoms with E-state index >= 15 is 0 Å². The summed E-state index contributed by atoms with van der Waals surface area (Å²) in [6.07, 6.45) is 3.11. The Labute approximate surface area is 119 Å². The van der Waals surface area contributed by atoms with E-state index in [-0.39, 0.29) is 17.2 Å². The zero-order chi connectivity index (χ0) is 14.0. The van der Waals surface area contributed by atoms with Gasteiger partial charge in [0.2, 0.25) is 5.91 Å². The maximum absolute atomic E-state index is 12.2. The van der Waals surface area contributed by atoms with E-state index < -0.39 is 11.5 Å². The minimum Gasteiger partial charge on any atom is -0.478 e. The molecule has 4 N–H and O–H groups in total. The summed E-state index contributed by atoms with van der Waals surface area (Å²) in [7, 11) is 0. The number of hydrogen-bond acceptors (Lipinski definition) is 3. The molecule has 1 amide bonds. The number of aromatic carboxylic acids is 1. The van der Waals surface area contributed by atoms with Crippen LogP contribution in [0.2, 0.25) is 0 Å². The fourth-order valence-electron chi connectivity index (χ4n) is 2.30. The zero-order valence-corrected chi connectivity index (χ0v) is 11.9. The molecular formula is C13H15BrN2O3. The van der Waals surface area contributed by atoms with Gasteiger partial charge >= 0.3 is 5.97 Å². The summed E-state index contributed by atoms with van der Waals surface area (Å²) in [5, 5.41) is 11.8. The number of halogens is 1. The largest absolute Gasteiger partial charge is 0.478 e. The highest BCUT2D eigenvalue weighted by Crippen LogP contribution is 2.31. The van der Waals surface area contributed by atoms with Gasteiger partial charge in [0.15, 0.2) is 0 Å². The van der Waals surface area contributed by atoms with Gasteiger partial charge < -0.3 is 16.2 Å². The number of carboxylic acid groups (broad SMARTS) is 1. The molecule has 1 aromatic rings. The van der Waals surface area contributed by atoms with Gasteiger partial charge in [-0.1, -0.05) is 18.9 Å². The molecule has 0 spiro atoms. The molecule has 0 atom stereocenters. The summed E-state index contributed by atoms with van der Waals surface area (Å²) in [4.78, 5) is 23.4. The van der Waals surface area contributed by atoms with Gasteiger partial charge in [0.1, 0.15) is 0 Å². The predicted molar refractivity (Wildman–Crippen MR) is 75.1 cm³/mol. The van der Waals surface area contributed by atoms with E-state index in [9.17, 15) is 9.59 Å². The Balaban J connectivity index is 2.28. The van der Waals surface area contributed by atoms with Crippen molar-refractivity contribution in [2.75, 3.05) is 5.32 Å². The Morgan fingerprint density at radius 1 is 1.32 bits per heavy atom. The number of hydrogen-bond donors (Lipinski definition) is 3. The predicted octanol–water partition coefficient (Wildman–Crippen LogP) is 2.36. The second-order valence-corrected chi connectivity index (χ2v) is 5.64. The van der Waals surface area contributed by atoms with Gasteiger partial charge in [-0.2, -0.15) is 0 Å². The summed E-state index contributed by atoms with van der Waals surface area (Å²) in [5.41, 5.74) is 5.47. The third-order valence-corrected chi connectivity index (χ3v) is 4.09. The zero-order valence-electron chi connectivity index (χ0n) is 10.3. The van der Waals surface area contributed by atoms with Crippen LogP contribution in [-0.2, 0) is 4.79 Å². The van der Waals surface area contributed by atoms with Crippen LogP contribution < -0.4 is 11.1 Å². The number of nitrogens with one attached hydrogen (secondary N) is 1. The molecule has 0 unspecified atom stereocenters. The Bertz CT molecular complexity index is 525. The van der Waals surface area contributed by atoms with E-state index in [0.29, 0.717) is 17.3 Å². The molecule has 0 heterocycles. The number of amides is 1. The van der Waals surface area contributed by atoms with E-state index in [1.54, 1.807) is 12.1 Å². The lowest BCUT2D eigenvalue weighted by atomic mass is 9.98. The molecule has 19 heavy (non-hydrogen) atoms. The maximum atomic E-state index is 12.2. The Hall–Kier alpha value is -1.40. The van der Waals surface area contributed by atoms with E-state index in [4.69, 9.17) is 10.8 Å². The van der Waals surface area contributed by atoms with Crippen molar-refractivity contribution >= 4 is 33.5 Å². The number of rotatable bonds is 3. The summed E-state index contributed by atoms with van der Waals surface area (Å²) >= 11 is 3.25. The molecule has 1 fully saturated rings. The first-order chi connectivity index (χ1) is 8.94. The van der Waals surface area contributed by atoms with Crippen LogP contribution in [-0.4, -0.2) is 22.5 Å². The third kappa shape index (κ3) is 2.79. The smallest absolute Gasteiger partial charge is 0.337 e. The van der Waals surface area contributed by atoms with Crippen LogP contribution in [0.4, 0.5) is 5.69 Å². The molecule has 6 heteroatoms. The SMILES string of the molecule is NC1(C(=O)Nc2c(Br)cccc2C(=O)O)CCCC1. The number of nitrogens with two attached hydrogens (primary N) is 1. The third-order valence-electron chi connectivity index (χ3n) is 3.43. The normalized spacial score (nSPS) is 17.2. The van der Waals surface area contributed by atoms with Gasteiger partial charge in [-0.15, -0.1) is 0 Å². The Morgan fingerprint density at radius 3 is 2.53 bits per heavy atom. The monoisotopic (exact) mass is 326 g/mol. The summed E-state index contributed by atoms with van der Waals surface area (Å²) < 4.78 is 0.530. The number of anilines is 1. The first-order valence-electron chi connectivity index (χ1n) is 6.06. The average Bonchev–Trinajstić information content (AvgIpc) is 2.79. The molecule has 0 saturated heterocycles. The average molecular weight is 327 g/mol. The van der Waals surface area contributed by atoms with Crippen LogP contribution in [0, 0.1) is 0 Å². The Morgan fingerprint density at radius 2 is 1.95 bits per heavy atom. The first-order valence-corrected chi connectivity index (χ1v) is 6.85. The van der Waals surface area contributed by atoms with Gasteiger partial charge in [-0.05, 0) is 40.9 Å². The van der Waals surface area contributed by atoms with Crippen molar-refractivity contribution in [3.05, 3.63) is 28.2 Å². The van der Waals surface area contributed by atoms with Gasteiger partial charge in [0.25, 0.3) is 0 Å². The molecule has 0 aromatic heterocycles. The van der Waals surface area contributed by atoms with Crippen LogP contribution in [0.25, 0.3) is 0 Å². The molecule has 0 bridgehead atoms. The highest BCUT2D eigenvalue weighted by Gasteiger charge is 2.37. The second-order valence-electron chi connectivity index (χ2n) is 4.78. The number of benzene rings is 1. The van der Waals surface area contributed by atoms with Crippen LogP contribution in [0.1, 0.15) is 36.0 Å². The van der Waals surface area contributed by atoms with Crippen molar-refractivity contribution in [2.45, 2.75) is 31.2 Å². The molecular weight excluding hydrogens is 312 g/mol. The van der Waals surface area contributed by atoms with Crippen molar-refractivity contribution in [3.63, 3.8) is 0 Å². The van der Waals surface area contributed by atoms with E-state index in [2.05, 4.69) is 21.2 Å². The lowest BCUT2D eigenvalue weighted by Crippen LogP contribution is -2.48. The highest BCUT2D eigenvalue weighted by molar-refractivity contribution is 9.10. The van der Waals surface area contributed by atoms with Crippen molar-refractivity contribution in [1.82, 2.24) is 0 Å². The molecule has 1 aliphatic rings. The molecule has 1 aromatic carbocycles. The van der Waals surface area contributed by atoms with Crippen molar-refractivity contribution in [2.24, 2.45) is 5.73 Å². The van der Waals surface area contributed by atoms with E-state index in [1.807, 2.05) is 0 Å². The van der Waals surface area contributed by atoms with Gasteiger partial charge in [0, 0.05) is 4.47 Å². The molecule has 0 aliphatic heterocycles. The molecule has 5 nitrogen and oxygen atoms in total. The molecule has 2 rings (SSSR count). The molecule has 1 saturated carbocycles. The van der Waals surface area contributed by atoms with Crippen LogP contribution in [0.15, 0.2) is 22.7 Å². The molecule has 1 aliphatic carbocycles. The fraction of sp³-hybridized carbons (Fsp3) is 0.385. The van der Waals surface area contributed by atoms with Crippen LogP contribution >= 0.6 is 15.9 Å². The lowest BCUT2D eigenvalue weighted by molar-refractivity contribution is -0.121. The summed E-state index contributed by atoms with van der Waals surface area (Å²) in [6.45, 7) is 0. The number of carbonyl (C=O) groups excluding carboxylic acids is 1. The molecule has 102 valence electrons. The topological polar surface area (TPSA) is 92.4 Å². The quantitative estimate of drug-likeness (QED) is 0.794. The standard InChI is InChI=1S/C13H15BrN2O3/c14-9-5-3-4-8(11(17)18)10(9)16-12(19)13(15)6-1-2-7-13/h3-5H,1-2,6-7,15H2,(H,16,19)(H,17,18). The van der Waals surface area contributed by atoms with Gasteiger partial charge in [-0.25, -0.2) is 4.79 Å². The highest BCUT2D eigenvalue weighted by atomic mass is 79.9. The summed E-state index contributed by atoms with van der Waals surface area (Å²) in [5.74, 6) is -1.41. The Kier molecular flexibility index (Phi) is 3.91. The van der Waals surface area contributed by atoms with Crippen LogP contribution in [0.3, 0.4) is 0 Å². The minimum absolute atomic E-state index is 0.0457. The van der Waals surface area contributed by atoms with E-state index in [1.165, 1.54) is 6.07 Å². The second kappa shape index (κ2) is 5.30. The fourth-order valence-corrected chi connectivity index (χ4v) is 2.77. The number of carboxylic acids is 1. The van der Waals surface area contributed by atoms with E-state index in [0.717, 1.165) is 12.8 Å². The van der Waals surface area contributed by atoms with Crippen molar-refractivity contribution in [1.29, 1.82) is 0 Å². The molecule has 0 radical (unpaired) electrons. The number of para-hydroxylation sites is 1. The van der Waals surface area contributed by atoms with Crippen LogP contribution in [0.5, 0.6) is 0 Å². The minimum atomic E-state index is -1.09. The van der Waals surface area contributed by atoms with Gasteiger partial charge in [-0.3, -0.25) is 4.79 Å². The first kappa shape index (κ1) is 14.0. The van der Waals surface area contributed by atoms with Crippen molar-refractivity contribution in [3.8, 4) is 0 Å². The summed E-state index contributed by atoms with van der Waals surface area (Å²) in [6, 6.07) is 4.73. The lowest BCUT2D eigenvalue weighted by Gasteiger charge is -2.23. The maximum Gasteiger partial charge on any atom is 0.337 e. The van der Waals surface area contributed by atoms with Crippen molar-refractivity contribution < 1.29 is 14.7 Å². The van der Waals surface area contributed by atoms with Gasteiger partial charge in [0.05, 0.1) is 16.8 Å². The number of carbonyl (C=O) groups is 2.